The lowest BCUT2D eigenvalue weighted by Gasteiger charge is -2.34. The molecule has 0 aromatic heterocycles. The topological polar surface area (TPSA) is 72.9 Å². The molecule has 0 radical (unpaired) electrons. The fourth-order valence-corrected chi connectivity index (χ4v) is 5.44. The van der Waals surface area contributed by atoms with Gasteiger partial charge in [0.05, 0.1) is 28.4 Å². The van der Waals surface area contributed by atoms with Crippen molar-refractivity contribution in [3.63, 3.8) is 0 Å². The van der Waals surface area contributed by atoms with Crippen molar-refractivity contribution in [2.75, 3.05) is 18.1 Å². The molecule has 1 saturated heterocycles. The summed E-state index contributed by atoms with van der Waals surface area (Å²) in [7, 11) is -3.66. The van der Waals surface area contributed by atoms with Gasteiger partial charge in [0.25, 0.3) is 0 Å². The summed E-state index contributed by atoms with van der Waals surface area (Å²) < 4.78 is 28.2. The van der Waals surface area contributed by atoms with E-state index in [-0.39, 0.29) is 11.4 Å². The largest absolute Gasteiger partial charge is 0.391 e. The maximum absolute atomic E-state index is 13.3. The summed E-state index contributed by atoms with van der Waals surface area (Å²) in [4.78, 5) is 0.279. The molecule has 0 unspecified atom stereocenters. The predicted octanol–water partition coefficient (Wildman–Crippen LogP) is 3.85. The number of hydrogen-bond acceptors (Lipinski definition) is 5. The van der Waals surface area contributed by atoms with Crippen molar-refractivity contribution in [2.24, 2.45) is 0 Å². The Morgan fingerprint density at radius 3 is 2.03 bits per heavy atom. The first-order chi connectivity index (χ1) is 15.4. The van der Waals surface area contributed by atoms with E-state index in [9.17, 15) is 13.5 Å². The molecule has 1 aliphatic heterocycles. The maximum Gasteiger partial charge on any atom is 0.243 e. The van der Waals surface area contributed by atoms with Crippen LogP contribution < -0.4 is 10.4 Å². The zero-order chi connectivity index (χ0) is 22.6. The van der Waals surface area contributed by atoms with E-state index in [1.54, 1.807) is 12.1 Å². The van der Waals surface area contributed by atoms with Crippen LogP contribution in [-0.4, -0.2) is 43.1 Å². The van der Waals surface area contributed by atoms with Gasteiger partial charge in [-0.25, -0.2) is 13.8 Å². The molecule has 168 valence electrons. The third-order valence-corrected chi connectivity index (χ3v) is 7.63. The van der Waals surface area contributed by atoms with Crippen LogP contribution in [0.5, 0.6) is 0 Å². The van der Waals surface area contributed by atoms with Crippen LogP contribution in [0.2, 0.25) is 0 Å². The number of hydrazine groups is 1. The third kappa shape index (κ3) is 5.02. The van der Waals surface area contributed by atoms with E-state index in [1.165, 1.54) is 4.31 Å². The fourth-order valence-electron chi connectivity index (χ4n) is 3.93. The van der Waals surface area contributed by atoms with Gasteiger partial charge in [-0.05, 0) is 56.2 Å². The van der Waals surface area contributed by atoms with E-state index in [4.69, 9.17) is 0 Å². The minimum Gasteiger partial charge on any atom is -0.391 e. The number of rotatable bonds is 6. The summed E-state index contributed by atoms with van der Waals surface area (Å²) in [5.74, 6) is 0. The monoisotopic (exact) mass is 451 g/mol. The van der Waals surface area contributed by atoms with Gasteiger partial charge in [0, 0.05) is 13.1 Å². The van der Waals surface area contributed by atoms with Gasteiger partial charge in [-0.2, -0.15) is 4.31 Å². The fraction of sp³-hybridized carbons (Fsp3) is 0.280. The van der Waals surface area contributed by atoms with Crippen LogP contribution in [-0.2, 0) is 10.0 Å². The highest BCUT2D eigenvalue weighted by Crippen LogP contribution is 2.26. The smallest absolute Gasteiger partial charge is 0.243 e. The number of sulfonamides is 1. The maximum atomic E-state index is 13.3. The number of aliphatic hydroxyl groups is 1. The number of aryl methyl sites for hydroxylation is 1. The van der Waals surface area contributed by atoms with Crippen molar-refractivity contribution in [1.29, 1.82) is 0 Å². The first-order valence-corrected chi connectivity index (χ1v) is 12.3. The summed E-state index contributed by atoms with van der Waals surface area (Å²) in [6.07, 6.45) is 0.444. The van der Waals surface area contributed by atoms with Gasteiger partial charge >= 0.3 is 0 Å². The lowest BCUT2D eigenvalue weighted by atomic mass is 10.1. The van der Waals surface area contributed by atoms with E-state index < -0.39 is 22.2 Å². The summed E-state index contributed by atoms with van der Waals surface area (Å²) in [6, 6.07) is 26.0. The van der Waals surface area contributed by atoms with E-state index in [2.05, 4.69) is 5.43 Å². The first kappa shape index (κ1) is 22.5. The number of para-hydroxylation sites is 2. The Bertz CT molecular complexity index is 1070. The molecule has 6 nitrogen and oxygen atoms in total. The van der Waals surface area contributed by atoms with Crippen LogP contribution in [0.15, 0.2) is 89.8 Å². The number of aliphatic hydroxyl groups excluding tert-OH is 1. The van der Waals surface area contributed by atoms with Gasteiger partial charge in [-0.3, -0.25) is 5.01 Å². The van der Waals surface area contributed by atoms with Crippen LogP contribution in [0.4, 0.5) is 11.4 Å². The Hall–Kier alpha value is -2.71. The Morgan fingerprint density at radius 2 is 1.47 bits per heavy atom. The van der Waals surface area contributed by atoms with Gasteiger partial charge in [0.2, 0.25) is 10.0 Å². The summed E-state index contributed by atoms with van der Waals surface area (Å²) in [5.41, 5.74) is 6.24. The van der Waals surface area contributed by atoms with Crippen molar-refractivity contribution in [3.05, 3.63) is 90.5 Å². The number of nitrogens with one attached hydrogen (secondary N) is 1. The molecule has 2 atom stereocenters. The average Bonchev–Trinajstić information content (AvgIpc) is 3.00. The molecule has 0 bridgehead atoms. The highest BCUT2D eigenvalue weighted by Gasteiger charge is 2.34. The molecule has 1 heterocycles. The third-order valence-electron chi connectivity index (χ3n) is 5.75. The lowest BCUT2D eigenvalue weighted by molar-refractivity contribution is 0.121. The molecule has 2 N–H and O–H groups in total. The van der Waals surface area contributed by atoms with Crippen molar-refractivity contribution in [1.82, 2.24) is 9.73 Å². The van der Waals surface area contributed by atoms with E-state index >= 15 is 0 Å². The molecule has 4 rings (SSSR count). The second kappa shape index (κ2) is 9.83. The van der Waals surface area contributed by atoms with Crippen LogP contribution >= 0.6 is 0 Å². The average molecular weight is 452 g/mol. The normalized spacial score (nSPS) is 19.9. The van der Waals surface area contributed by atoms with E-state index in [1.807, 2.05) is 84.7 Å². The Morgan fingerprint density at radius 1 is 0.906 bits per heavy atom. The molecular weight excluding hydrogens is 422 g/mol. The first-order valence-electron chi connectivity index (χ1n) is 10.9. The molecule has 0 aliphatic carbocycles. The summed E-state index contributed by atoms with van der Waals surface area (Å²) in [6.45, 7) is 2.48. The zero-order valence-electron chi connectivity index (χ0n) is 18.1. The quantitative estimate of drug-likeness (QED) is 0.557. The van der Waals surface area contributed by atoms with E-state index in [0.717, 1.165) is 16.9 Å². The molecule has 3 aromatic rings. The minimum absolute atomic E-state index is 0.174. The molecule has 0 saturated carbocycles. The van der Waals surface area contributed by atoms with Gasteiger partial charge in [0.15, 0.2) is 0 Å². The van der Waals surface area contributed by atoms with Crippen molar-refractivity contribution >= 4 is 21.4 Å². The van der Waals surface area contributed by atoms with Crippen LogP contribution in [0.25, 0.3) is 0 Å². The SMILES string of the molecule is Cc1ccc(S(=O)(=O)N2CCC[C@H](O)[C@@H](NN(c3ccccc3)c3ccccc3)C2)cc1. The van der Waals surface area contributed by atoms with Crippen LogP contribution in [0.3, 0.4) is 0 Å². The molecule has 3 aromatic carbocycles. The van der Waals surface area contributed by atoms with Gasteiger partial charge in [-0.15, -0.1) is 0 Å². The Labute approximate surface area is 190 Å². The standard InChI is InChI=1S/C25H29N3O3S/c1-20-14-16-23(17-15-20)32(30,31)27-18-8-13-25(29)24(19-27)26-28(21-9-4-2-5-10-21)22-11-6-3-7-12-22/h2-7,9-12,14-17,24-26,29H,8,13,18-19H2,1H3/t24-,25-/m0/s1. The highest BCUT2D eigenvalue weighted by atomic mass is 32.2. The Kier molecular flexibility index (Phi) is 6.91. The second-order valence-electron chi connectivity index (χ2n) is 8.13. The van der Waals surface area contributed by atoms with Crippen molar-refractivity contribution in [3.8, 4) is 0 Å². The minimum atomic E-state index is -3.66. The molecule has 32 heavy (non-hydrogen) atoms. The lowest BCUT2D eigenvalue weighted by Crippen LogP contribution is -2.53. The second-order valence-corrected chi connectivity index (χ2v) is 10.1. The van der Waals surface area contributed by atoms with Crippen molar-refractivity contribution in [2.45, 2.75) is 36.8 Å². The molecule has 0 spiro atoms. The summed E-state index contributed by atoms with van der Waals surface area (Å²) in [5, 5.41) is 12.8. The molecule has 1 aliphatic rings. The Balaban J connectivity index is 1.62. The summed E-state index contributed by atoms with van der Waals surface area (Å²) >= 11 is 0. The molecule has 0 amide bonds. The zero-order valence-corrected chi connectivity index (χ0v) is 18.9. The molecule has 7 heteroatoms. The highest BCUT2D eigenvalue weighted by molar-refractivity contribution is 7.89. The van der Waals surface area contributed by atoms with Gasteiger partial charge in [-0.1, -0.05) is 54.1 Å². The van der Waals surface area contributed by atoms with Crippen LogP contribution in [0.1, 0.15) is 18.4 Å². The van der Waals surface area contributed by atoms with Crippen molar-refractivity contribution < 1.29 is 13.5 Å². The number of anilines is 2. The molecule has 1 fully saturated rings. The predicted molar refractivity (Wildman–Crippen MR) is 127 cm³/mol. The van der Waals surface area contributed by atoms with Gasteiger partial charge < -0.3 is 5.11 Å². The van der Waals surface area contributed by atoms with E-state index in [0.29, 0.717) is 19.4 Å². The number of hydrogen-bond donors (Lipinski definition) is 2. The molecular formula is C25H29N3O3S. The number of benzene rings is 3. The van der Waals surface area contributed by atoms with Crippen LogP contribution in [0, 0.1) is 6.92 Å². The van der Waals surface area contributed by atoms with Gasteiger partial charge in [0.1, 0.15) is 0 Å². The number of nitrogens with zero attached hydrogens (tertiary/aromatic N) is 2.